The third-order valence-corrected chi connectivity index (χ3v) is 6.75. The summed E-state index contributed by atoms with van der Waals surface area (Å²) in [4.78, 5) is 0. The van der Waals surface area contributed by atoms with Crippen LogP contribution < -0.4 is 4.65 Å². The molecule has 4 heteroatoms. The van der Waals surface area contributed by atoms with E-state index in [1.54, 1.807) is 0 Å². The predicted molar refractivity (Wildman–Crippen MR) is 55.6 cm³/mol. The van der Waals surface area contributed by atoms with E-state index in [0.29, 0.717) is 0 Å². The molecular weight excluding hydrogens is 280 g/mol. The van der Waals surface area contributed by atoms with Crippen molar-refractivity contribution in [2.45, 2.75) is 39.3 Å². The second-order valence-electron chi connectivity index (χ2n) is 4.62. The Morgan fingerprint density at radius 1 is 0.700 bits per heavy atom. The van der Waals surface area contributed by atoms with Crippen LogP contribution in [0, 0.1) is 0 Å². The molecule has 0 aromatic rings. The molecule has 0 aromatic carbocycles. The molecule has 0 amide bonds. The van der Waals surface area contributed by atoms with E-state index in [-0.39, 0.29) is 48.9 Å². The van der Waals surface area contributed by atoms with Gasteiger partial charge in [0.2, 0.25) is 0 Å². The summed E-state index contributed by atoms with van der Waals surface area (Å²) in [6, 6.07) is 0. The Hall–Kier alpha value is 1.97. The van der Waals surface area contributed by atoms with Crippen LogP contribution in [0.4, 0.5) is 0 Å². The number of hydrogen-bond donors (Lipinski definition) is 1. The van der Waals surface area contributed by atoms with Gasteiger partial charge in [-0.1, -0.05) is 39.3 Å². The first-order chi connectivity index (χ1) is 3.71. The molecule has 0 unspecified atom stereocenters. The van der Waals surface area contributed by atoms with Crippen LogP contribution in [0.3, 0.4) is 0 Å². The standard InChI is InChI=1S/C6H19NSi2.Ba/c1-8(2,3)7-9(4,5)6;/h7H,1-6H3;. The second-order valence-corrected chi connectivity index (χ2v) is 14.6. The monoisotopic (exact) mass is 299 g/mol. The first-order valence-corrected chi connectivity index (χ1v) is 10.5. The molecule has 0 heterocycles. The van der Waals surface area contributed by atoms with Crippen molar-refractivity contribution in [1.82, 2.24) is 4.65 Å². The van der Waals surface area contributed by atoms with E-state index in [1.165, 1.54) is 0 Å². The Balaban J connectivity index is 0. The SMILES string of the molecule is C[Si](C)(C)N[Si](C)(C)C.[Ba]. The van der Waals surface area contributed by atoms with Crippen molar-refractivity contribution in [2.75, 3.05) is 0 Å². The van der Waals surface area contributed by atoms with E-state index < -0.39 is 16.5 Å². The number of hydrogen-bond acceptors (Lipinski definition) is 1. The third kappa shape index (κ3) is 12.6. The van der Waals surface area contributed by atoms with Crippen molar-refractivity contribution in [3.63, 3.8) is 0 Å². The summed E-state index contributed by atoms with van der Waals surface area (Å²) in [6.07, 6.45) is 0. The molecule has 0 aromatic heterocycles. The fourth-order valence-electron chi connectivity index (χ4n) is 1.12. The average Bonchev–Trinajstić information content (AvgIpc) is 1.14. The number of rotatable bonds is 2. The first kappa shape index (κ1) is 14.5. The molecule has 0 spiro atoms. The van der Waals surface area contributed by atoms with E-state index in [2.05, 4.69) is 43.9 Å². The van der Waals surface area contributed by atoms with Crippen LogP contribution in [0.5, 0.6) is 0 Å². The molecule has 10 heavy (non-hydrogen) atoms. The van der Waals surface area contributed by atoms with Crippen LogP contribution >= 0.6 is 0 Å². The fraction of sp³-hybridized carbons (Fsp3) is 1.00. The fourth-order valence-corrected chi connectivity index (χ4v) is 10.1. The summed E-state index contributed by atoms with van der Waals surface area (Å²) in [6.45, 7) is 14.1. The van der Waals surface area contributed by atoms with Crippen molar-refractivity contribution in [3.05, 3.63) is 0 Å². The minimum absolute atomic E-state index is 0. The summed E-state index contributed by atoms with van der Waals surface area (Å²) in [5.74, 6) is 0. The molecule has 0 saturated heterocycles. The first-order valence-electron chi connectivity index (χ1n) is 3.50. The molecule has 0 aliphatic carbocycles. The van der Waals surface area contributed by atoms with Gasteiger partial charge >= 0.3 is 0 Å². The summed E-state index contributed by atoms with van der Waals surface area (Å²) >= 11 is 0. The van der Waals surface area contributed by atoms with E-state index in [9.17, 15) is 0 Å². The molecule has 58 valence electrons. The van der Waals surface area contributed by atoms with E-state index in [0.717, 1.165) is 0 Å². The maximum Gasteiger partial charge on any atom is 0.109 e. The smallest absolute Gasteiger partial charge is 0.109 e. The van der Waals surface area contributed by atoms with Crippen molar-refractivity contribution >= 4 is 65.4 Å². The van der Waals surface area contributed by atoms with Gasteiger partial charge in [0, 0.05) is 48.9 Å². The molecule has 0 bridgehead atoms. The number of nitrogens with one attached hydrogen (secondary N) is 1. The van der Waals surface area contributed by atoms with Crippen molar-refractivity contribution in [2.24, 2.45) is 0 Å². The molecule has 0 atom stereocenters. The normalized spacial score (nSPS) is 12.6. The molecule has 1 nitrogen and oxygen atoms in total. The zero-order valence-electron chi connectivity index (χ0n) is 8.21. The Morgan fingerprint density at radius 2 is 0.900 bits per heavy atom. The van der Waals surface area contributed by atoms with Crippen molar-refractivity contribution in [3.8, 4) is 0 Å². The Kier molecular flexibility index (Phi) is 7.04. The van der Waals surface area contributed by atoms with Gasteiger partial charge < -0.3 is 4.65 Å². The van der Waals surface area contributed by atoms with Gasteiger partial charge in [0.05, 0.1) is 0 Å². The van der Waals surface area contributed by atoms with Gasteiger partial charge in [0.1, 0.15) is 16.5 Å². The molecule has 1 N–H and O–H groups in total. The summed E-state index contributed by atoms with van der Waals surface area (Å²) in [7, 11) is -1.96. The van der Waals surface area contributed by atoms with Crippen LogP contribution in [0.25, 0.3) is 0 Å². The Bertz CT molecular complexity index is 80.9. The maximum atomic E-state index is 3.74. The summed E-state index contributed by atoms with van der Waals surface area (Å²) in [5.41, 5.74) is 0. The van der Waals surface area contributed by atoms with Crippen molar-refractivity contribution < 1.29 is 0 Å². The Labute approximate surface area is 108 Å². The second kappa shape index (κ2) is 4.86. The largest absolute Gasteiger partial charge is 0.360 e. The zero-order chi connectivity index (χ0) is 7.71. The van der Waals surface area contributed by atoms with Gasteiger partial charge in [0.25, 0.3) is 0 Å². The van der Waals surface area contributed by atoms with Gasteiger partial charge in [-0.2, -0.15) is 0 Å². The van der Waals surface area contributed by atoms with Gasteiger partial charge in [-0.3, -0.25) is 0 Å². The molecule has 2 radical (unpaired) electrons. The van der Waals surface area contributed by atoms with E-state index in [4.69, 9.17) is 0 Å². The van der Waals surface area contributed by atoms with Gasteiger partial charge in [0.15, 0.2) is 0 Å². The maximum absolute atomic E-state index is 3.74. The minimum Gasteiger partial charge on any atom is -0.360 e. The van der Waals surface area contributed by atoms with E-state index >= 15 is 0 Å². The third-order valence-electron chi connectivity index (χ3n) is 0.750. The summed E-state index contributed by atoms with van der Waals surface area (Å²) < 4.78 is 3.74. The molecule has 0 fully saturated rings. The van der Waals surface area contributed by atoms with Crippen LogP contribution in [-0.2, 0) is 0 Å². The zero-order valence-corrected chi connectivity index (χ0v) is 14.6. The minimum atomic E-state index is -0.981. The average molecular weight is 299 g/mol. The van der Waals surface area contributed by atoms with Crippen LogP contribution in [0.15, 0.2) is 0 Å². The molecule has 0 aliphatic rings. The Morgan fingerprint density at radius 3 is 0.900 bits per heavy atom. The molecule has 0 rings (SSSR count). The van der Waals surface area contributed by atoms with Crippen LogP contribution in [0.1, 0.15) is 0 Å². The van der Waals surface area contributed by atoms with Gasteiger partial charge in [-0.05, 0) is 0 Å². The van der Waals surface area contributed by atoms with Crippen LogP contribution in [0.2, 0.25) is 39.3 Å². The van der Waals surface area contributed by atoms with E-state index in [1.807, 2.05) is 0 Å². The predicted octanol–water partition coefficient (Wildman–Crippen LogP) is 1.86. The summed E-state index contributed by atoms with van der Waals surface area (Å²) in [5, 5.41) is 0. The van der Waals surface area contributed by atoms with Crippen LogP contribution in [-0.4, -0.2) is 65.4 Å². The van der Waals surface area contributed by atoms with Crippen molar-refractivity contribution in [1.29, 1.82) is 0 Å². The van der Waals surface area contributed by atoms with Gasteiger partial charge in [-0.15, -0.1) is 0 Å². The molecular formula is C6H19BaNSi2. The molecule has 0 saturated carbocycles. The molecule has 0 aliphatic heterocycles. The quantitative estimate of drug-likeness (QED) is 0.768. The topological polar surface area (TPSA) is 12.0 Å². The van der Waals surface area contributed by atoms with Gasteiger partial charge in [-0.25, -0.2) is 0 Å².